The Balaban J connectivity index is 1.13. The van der Waals surface area contributed by atoms with Gasteiger partial charge in [-0.3, -0.25) is 0 Å². The number of nitrogens with zero attached hydrogens (tertiary/aromatic N) is 2. The van der Waals surface area contributed by atoms with Crippen molar-refractivity contribution in [3.63, 3.8) is 0 Å². The van der Waals surface area contributed by atoms with Crippen molar-refractivity contribution in [1.82, 2.24) is 8.61 Å². The summed E-state index contributed by atoms with van der Waals surface area (Å²) in [6.07, 6.45) is 0.436. The summed E-state index contributed by atoms with van der Waals surface area (Å²) in [5.41, 5.74) is -1.10. The van der Waals surface area contributed by atoms with Crippen LogP contribution in [0.2, 0.25) is 0 Å². The third-order valence-electron chi connectivity index (χ3n) is 7.45. The highest BCUT2D eigenvalue weighted by molar-refractivity contribution is 7.89. The summed E-state index contributed by atoms with van der Waals surface area (Å²) in [7, 11) is -7.69. The van der Waals surface area contributed by atoms with Crippen LogP contribution in [0.25, 0.3) is 0 Å². The van der Waals surface area contributed by atoms with Gasteiger partial charge in [0.1, 0.15) is 28.7 Å². The van der Waals surface area contributed by atoms with Gasteiger partial charge >= 0.3 is 0 Å². The highest BCUT2D eigenvalue weighted by Gasteiger charge is 2.51. The average molecular weight is 607 g/mol. The van der Waals surface area contributed by atoms with Crippen molar-refractivity contribution in [2.75, 3.05) is 26.2 Å². The summed E-state index contributed by atoms with van der Waals surface area (Å²) < 4.78 is 74.6. The first-order chi connectivity index (χ1) is 20.3. The normalized spacial score (nSPS) is 17.7. The first-order valence-electron chi connectivity index (χ1n) is 13.6. The van der Waals surface area contributed by atoms with E-state index in [0.717, 1.165) is 0 Å². The van der Waals surface area contributed by atoms with Crippen LogP contribution < -0.4 is 9.47 Å². The predicted octanol–water partition coefficient (Wildman–Crippen LogP) is 5.47. The summed E-state index contributed by atoms with van der Waals surface area (Å²) in [5, 5.41) is 0. The van der Waals surface area contributed by atoms with Gasteiger partial charge in [-0.1, -0.05) is 36.4 Å². The van der Waals surface area contributed by atoms with E-state index < -0.39 is 25.8 Å². The molecule has 0 bridgehead atoms. The van der Waals surface area contributed by atoms with Gasteiger partial charge in [-0.05, 0) is 72.8 Å². The molecule has 0 aromatic heterocycles. The zero-order chi connectivity index (χ0) is 29.2. The van der Waals surface area contributed by atoms with Crippen LogP contribution in [0, 0.1) is 0 Å². The zero-order valence-electron chi connectivity index (χ0n) is 22.7. The van der Waals surface area contributed by atoms with Crippen LogP contribution in [-0.4, -0.2) is 57.4 Å². The van der Waals surface area contributed by atoms with E-state index in [0.29, 0.717) is 23.0 Å². The number of benzene rings is 4. The SMILES string of the molecule is O=S(=O)(c1ccc(Oc2ccccc2)cc1)N1CCC2(CC1)OCCN2S(=O)(=O)c1ccc(Oc2ccccc2)cc1. The number of hydrogen-bond donors (Lipinski definition) is 0. The molecule has 4 aromatic rings. The molecule has 2 heterocycles. The third kappa shape index (κ3) is 5.66. The second kappa shape index (κ2) is 11.5. The zero-order valence-corrected chi connectivity index (χ0v) is 24.3. The molecule has 0 radical (unpaired) electrons. The maximum absolute atomic E-state index is 13.7. The van der Waals surface area contributed by atoms with Gasteiger partial charge < -0.3 is 14.2 Å². The minimum Gasteiger partial charge on any atom is -0.457 e. The molecule has 2 aliphatic rings. The summed E-state index contributed by atoms with van der Waals surface area (Å²) in [6, 6.07) is 31.0. The van der Waals surface area contributed by atoms with E-state index in [2.05, 4.69) is 0 Å². The molecule has 9 nitrogen and oxygen atoms in total. The molecule has 0 atom stereocenters. The Kier molecular flexibility index (Phi) is 7.77. The molecule has 11 heteroatoms. The summed E-state index contributed by atoms with van der Waals surface area (Å²) >= 11 is 0. The van der Waals surface area contributed by atoms with Gasteiger partial charge in [0.05, 0.1) is 16.4 Å². The van der Waals surface area contributed by atoms with E-state index in [-0.39, 0.29) is 48.9 Å². The van der Waals surface area contributed by atoms with Crippen LogP contribution >= 0.6 is 0 Å². The van der Waals surface area contributed by atoms with Crippen molar-refractivity contribution in [3.8, 4) is 23.0 Å². The lowest BCUT2D eigenvalue weighted by Gasteiger charge is -2.42. The number of hydrogen-bond acceptors (Lipinski definition) is 7. The maximum Gasteiger partial charge on any atom is 0.245 e. The second-order valence-corrected chi connectivity index (χ2v) is 13.8. The number of piperidine rings is 1. The highest BCUT2D eigenvalue weighted by Crippen LogP contribution is 2.40. The Bertz CT molecular complexity index is 1720. The van der Waals surface area contributed by atoms with Crippen LogP contribution in [-0.2, 0) is 24.8 Å². The molecular formula is C31H30N2O7S2. The topological polar surface area (TPSA) is 102 Å². The van der Waals surface area contributed by atoms with Crippen LogP contribution in [0.4, 0.5) is 0 Å². The molecular weight excluding hydrogens is 576 g/mol. The molecule has 4 aromatic carbocycles. The van der Waals surface area contributed by atoms with Gasteiger partial charge in [-0.2, -0.15) is 8.61 Å². The van der Waals surface area contributed by atoms with Crippen LogP contribution in [0.3, 0.4) is 0 Å². The van der Waals surface area contributed by atoms with Crippen LogP contribution in [0.15, 0.2) is 119 Å². The Hall–Kier alpha value is -3.74. The van der Waals surface area contributed by atoms with Crippen LogP contribution in [0.1, 0.15) is 12.8 Å². The Morgan fingerprint density at radius 1 is 0.548 bits per heavy atom. The second-order valence-electron chi connectivity index (χ2n) is 10.0. The van der Waals surface area contributed by atoms with E-state index >= 15 is 0 Å². The van der Waals surface area contributed by atoms with Crippen molar-refractivity contribution in [3.05, 3.63) is 109 Å². The summed E-state index contributed by atoms with van der Waals surface area (Å²) in [6.45, 7) is 0.686. The smallest absolute Gasteiger partial charge is 0.245 e. The molecule has 2 fully saturated rings. The van der Waals surface area contributed by atoms with E-state index in [1.807, 2.05) is 60.7 Å². The average Bonchev–Trinajstić information content (AvgIpc) is 3.42. The van der Waals surface area contributed by atoms with E-state index in [4.69, 9.17) is 14.2 Å². The molecule has 2 saturated heterocycles. The van der Waals surface area contributed by atoms with Gasteiger partial charge in [0.15, 0.2) is 0 Å². The quantitative estimate of drug-likeness (QED) is 0.262. The van der Waals surface area contributed by atoms with Crippen molar-refractivity contribution >= 4 is 20.0 Å². The summed E-state index contributed by atoms with van der Waals surface area (Å²) in [5.74, 6) is 2.35. The fourth-order valence-electron chi connectivity index (χ4n) is 5.29. The minimum absolute atomic E-state index is 0.125. The lowest BCUT2D eigenvalue weighted by atomic mass is 10.0. The number of sulfonamides is 2. The van der Waals surface area contributed by atoms with E-state index in [9.17, 15) is 16.8 Å². The molecule has 1 spiro atoms. The molecule has 0 unspecified atom stereocenters. The van der Waals surface area contributed by atoms with Gasteiger partial charge in [0, 0.05) is 32.5 Å². The Morgan fingerprint density at radius 2 is 0.976 bits per heavy atom. The molecule has 218 valence electrons. The molecule has 42 heavy (non-hydrogen) atoms. The molecule has 0 amide bonds. The molecule has 0 N–H and O–H groups in total. The molecule has 2 aliphatic heterocycles. The largest absolute Gasteiger partial charge is 0.457 e. The van der Waals surface area contributed by atoms with Gasteiger partial charge in [-0.25, -0.2) is 16.8 Å². The van der Waals surface area contributed by atoms with Crippen molar-refractivity contribution in [1.29, 1.82) is 0 Å². The van der Waals surface area contributed by atoms with E-state index in [1.54, 1.807) is 24.3 Å². The molecule has 0 saturated carbocycles. The fourth-order valence-corrected chi connectivity index (χ4v) is 8.45. The van der Waals surface area contributed by atoms with Gasteiger partial charge in [-0.15, -0.1) is 0 Å². The monoisotopic (exact) mass is 606 g/mol. The number of rotatable bonds is 8. The molecule has 6 rings (SSSR count). The lowest BCUT2D eigenvalue weighted by molar-refractivity contribution is -0.0806. The predicted molar refractivity (Wildman–Crippen MR) is 156 cm³/mol. The number of para-hydroxylation sites is 2. The standard InChI is InChI=1S/C31H30N2O7S2/c34-41(35,29-15-11-27(12-16-29)39-25-7-3-1-4-8-25)32-21-19-31(20-22-32)33(23-24-38-31)42(36,37)30-17-13-28(14-18-30)40-26-9-5-2-6-10-26/h1-18H,19-24H2. The van der Waals surface area contributed by atoms with Crippen molar-refractivity contribution in [2.24, 2.45) is 0 Å². The fraction of sp³-hybridized carbons (Fsp3) is 0.226. The third-order valence-corrected chi connectivity index (χ3v) is 11.3. The summed E-state index contributed by atoms with van der Waals surface area (Å²) in [4.78, 5) is 0.272. The highest BCUT2D eigenvalue weighted by atomic mass is 32.2. The number of ether oxygens (including phenoxy) is 3. The first-order valence-corrected chi connectivity index (χ1v) is 16.5. The Labute approximate surface area is 246 Å². The Morgan fingerprint density at radius 3 is 1.45 bits per heavy atom. The molecule has 0 aliphatic carbocycles. The van der Waals surface area contributed by atoms with Gasteiger partial charge in [0.25, 0.3) is 0 Å². The van der Waals surface area contributed by atoms with Crippen molar-refractivity contribution in [2.45, 2.75) is 28.4 Å². The first kappa shape index (κ1) is 28.4. The van der Waals surface area contributed by atoms with Crippen LogP contribution in [0.5, 0.6) is 23.0 Å². The minimum atomic E-state index is -3.90. The van der Waals surface area contributed by atoms with E-state index in [1.165, 1.54) is 32.9 Å². The maximum atomic E-state index is 13.7. The lowest BCUT2D eigenvalue weighted by Crippen LogP contribution is -2.55. The van der Waals surface area contributed by atoms with Crippen molar-refractivity contribution < 1.29 is 31.0 Å². The van der Waals surface area contributed by atoms with Gasteiger partial charge in [0.2, 0.25) is 20.0 Å².